The molecule has 3 heteroatoms. The molecule has 0 heterocycles. The first-order valence-corrected chi connectivity index (χ1v) is 8.98. The van der Waals surface area contributed by atoms with Gasteiger partial charge in [-0.2, -0.15) is 0 Å². The molecule has 0 bridgehead atoms. The Bertz CT molecular complexity index is 138. The van der Waals surface area contributed by atoms with Gasteiger partial charge in [-0.3, -0.25) is 0 Å². The van der Waals surface area contributed by atoms with Crippen molar-refractivity contribution in [2.45, 2.75) is 64.7 Å². The van der Waals surface area contributed by atoms with Gasteiger partial charge in [0.05, 0.1) is 8.07 Å². The van der Waals surface area contributed by atoms with Crippen LogP contribution in [0.15, 0.2) is 0 Å². The SMILES string of the molecule is C.CC(C)(CCCN)[Si](C)(C)CCCN. The highest BCUT2D eigenvalue weighted by molar-refractivity contribution is 6.80. The first-order valence-electron chi connectivity index (χ1n) is 5.77. The summed E-state index contributed by atoms with van der Waals surface area (Å²) in [5, 5.41) is 0.502. The number of rotatable bonds is 7. The molecule has 94 valence electrons. The van der Waals surface area contributed by atoms with Gasteiger partial charge in [0.2, 0.25) is 0 Å². The maximum absolute atomic E-state index is 5.58. The third-order valence-corrected chi connectivity index (χ3v) is 9.36. The van der Waals surface area contributed by atoms with Crippen LogP contribution >= 0.6 is 0 Å². The summed E-state index contributed by atoms with van der Waals surface area (Å²) in [7, 11) is -1.12. The van der Waals surface area contributed by atoms with Crippen molar-refractivity contribution in [3.05, 3.63) is 0 Å². The van der Waals surface area contributed by atoms with Crippen molar-refractivity contribution < 1.29 is 0 Å². The number of nitrogens with two attached hydrogens (primary N) is 2. The molecule has 0 atom stereocenters. The Morgan fingerprint density at radius 2 is 1.47 bits per heavy atom. The van der Waals surface area contributed by atoms with Gasteiger partial charge < -0.3 is 11.5 Å². The summed E-state index contributed by atoms with van der Waals surface area (Å²) in [6.07, 6.45) is 3.62. The first-order chi connectivity index (χ1) is 6.37. The minimum absolute atomic E-state index is 0. The Morgan fingerprint density at radius 1 is 1.00 bits per heavy atom. The summed E-state index contributed by atoms with van der Waals surface area (Å²) < 4.78 is 0. The second-order valence-electron chi connectivity index (χ2n) is 5.55. The average molecular weight is 232 g/mol. The minimum atomic E-state index is -1.12. The minimum Gasteiger partial charge on any atom is -0.330 e. The first kappa shape index (κ1) is 17.5. The summed E-state index contributed by atoms with van der Waals surface area (Å²) in [4.78, 5) is 0. The van der Waals surface area contributed by atoms with Crippen LogP contribution in [0.25, 0.3) is 0 Å². The van der Waals surface area contributed by atoms with Gasteiger partial charge in [0.1, 0.15) is 0 Å². The molecule has 0 aliphatic heterocycles. The van der Waals surface area contributed by atoms with E-state index in [4.69, 9.17) is 11.5 Å². The van der Waals surface area contributed by atoms with Gasteiger partial charge in [0.25, 0.3) is 0 Å². The van der Waals surface area contributed by atoms with Gasteiger partial charge in [-0.05, 0) is 37.4 Å². The van der Waals surface area contributed by atoms with Crippen molar-refractivity contribution in [3.63, 3.8) is 0 Å². The molecule has 2 nitrogen and oxygen atoms in total. The van der Waals surface area contributed by atoms with Crippen molar-refractivity contribution in [3.8, 4) is 0 Å². The summed E-state index contributed by atoms with van der Waals surface area (Å²) in [6.45, 7) is 11.4. The Hall–Kier alpha value is 0.137. The molecule has 0 aromatic carbocycles. The number of hydrogen-bond donors (Lipinski definition) is 2. The normalized spacial score (nSPS) is 12.4. The molecule has 4 N–H and O–H groups in total. The van der Waals surface area contributed by atoms with Gasteiger partial charge in [0, 0.05) is 0 Å². The van der Waals surface area contributed by atoms with E-state index in [9.17, 15) is 0 Å². The zero-order valence-electron chi connectivity index (χ0n) is 10.4. The Labute approximate surface area is 97.8 Å². The van der Waals surface area contributed by atoms with Gasteiger partial charge >= 0.3 is 0 Å². The molecule has 0 saturated heterocycles. The van der Waals surface area contributed by atoms with Gasteiger partial charge in [-0.15, -0.1) is 0 Å². The van der Waals surface area contributed by atoms with E-state index in [0.29, 0.717) is 5.04 Å². The topological polar surface area (TPSA) is 52.0 Å². The molecule has 0 radical (unpaired) electrons. The maximum Gasteiger partial charge on any atom is 0.0530 e. The van der Waals surface area contributed by atoms with E-state index in [1.54, 1.807) is 0 Å². The summed E-state index contributed by atoms with van der Waals surface area (Å²) in [6, 6.07) is 1.35. The van der Waals surface area contributed by atoms with Crippen LogP contribution in [-0.4, -0.2) is 21.2 Å². The third-order valence-electron chi connectivity index (χ3n) is 3.84. The van der Waals surface area contributed by atoms with E-state index in [2.05, 4.69) is 26.9 Å². The van der Waals surface area contributed by atoms with E-state index < -0.39 is 8.07 Å². The highest BCUT2D eigenvalue weighted by Gasteiger charge is 2.37. The van der Waals surface area contributed by atoms with Gasteiger partial charge in [-0.25, -0.2) is 0 Å². The lowest BCUT2D eigenvalue weighted by Gasteiger charge is -2.40. The van der Waals surface area contributed by atoms with E-state index in [-0.39, 0.29) is 7.43 Å². The van der Waals surface area contributed by atoms with Crippen LogP contribution in [0.4, 0.5) is 0 Å². The van der Waals surface area contributed by atoms with E-state index in [0.717, 1.165) is 19.5 Å². The zero-order chi connectivity index (χ0) is 11.2. The fraction of sp³-hybridized carbons (Fsp3) is 1.00. The van der Waals surface area contributed by atoms with Crippen molar-refractivity contribution >= 4 is 8.07 Å². The third kappa shape index (κ3) is 5.69. The molecule has 0 unspecified atom stereocenters. The Balaban J connectivity index is 0. The lowest BCUT2D eigenvalue weighted by Crippen LogP contribution is -2.39. The van der Waals surface area contributed by atoms with Crippen molar-refractivity contribution in [2.75, 3.05) is 13.1 Å². The molecule has 0 aliphatic carbocycles. The van der Waals surface area contributed by atoms with Gasteiger partial charge in [-0.1, -0.05) is 40.4 Å². The predicted octanol–water partition coefficient (Wildman–Crippen LogP) is 3.20. The summed E-state index contributed by atoms with van der Waals surface area (Å²) in [5.74, 6) is 0. The molecular weight excluding hydrogens is 200 g/mol. The molecule has 0 spiro atoms. The van der Waals surface area contributed by atoms with Crippen LogP contribution in [0.1, 0.15) is 40.5 Å². The smallest absolute Gasteiger partial charge is 0.0530 e. The van der Waals surface area contributed by atoms with E-state index in [1.807, 2.05) is 0 Å². The lowest BCUT2D eigenvalue weighted by atomic mass is 10.1. The van der Waals surface area contributed by atoms with Gasteiger partial charge in [0.15, 0.2) is 0 Å². The Kier molecular flexibility index (Phi) is 8.67. The predicted molar refractivity (Wildman–Crippen MR) is 75.0 cm³/mol. The average Bonchev–Trinajstić information content (AvgIpc) is 2.11. The highest BCUT2D eigenvalue weighted by atomic mass is 28.3. The van der Waals surface area contributed by atoms with E-state index >= 15 is 0 Å². The van der Waals surface area contributed by atoms with Crippen molar-refractivity contribution in [2.24, 2.45) is 11.5 Å². The molecule has 0 aromatic heterocycles. The number of hydrogen-bond acceptors (Lipinski definition) is 2. The summed E-state index contributed by atoms with van der Waals surface area (Å²) >= 11 is 0. The van der Waals surface area contributed by atoms with Crippen LogP contribution in [0.3, 0.4) is 0 Å². The maximum atomic E-state index is 5.58. The van der Waals surface area contributed by atoms with Crippen LogP contribution in [0, 0.1) is 0 Å². The van der Waals surface area contributed by atoms with Crippen LogP contribution < -0.4 is 11.5 Å². The lowest BCUT2D eigenvalue weighted by molar-refractivity contribution is 0.553. The molecule has 0 aromatic rings. The van der Waals surface area contributed by atoms with E-state index in [1.165, 1.54) is 18.9 Å². The standard InChI is InChI=1S/C11H28N2Si.CH4/c1-11(2,7-5-8-12)14(3,4)10-6-9-13;/h5-10,12-13H2,1-4H3;1H4. The second-order valence-corrected chi connectivity index (χ2v) is 11.2. The molecular formula is C12H32N2Si. The highest BCUT2D eigenvalue weighted by Crippen LogP contribution is 2.43. The molecule has 0 amide bonds. The van der Waals surface area contributed by atoms with Crippen LogP contribution in [-0.2, 0) is 0 Å². The van der Waals surface area contributed by atoms with Crippen molar-refractivity contribution in [1.82, 2.24) is 0 Å². The van der Waals surface area contributed by atoms with Crippen LogP contribution in [0.5, 0.6) is 0 Å². The van der Waals surface area contributed by atoms with Crippen LogP contribution in [0.2, 0.25) is 24.2 Å². The second kappa shape index (κ2) is 7.42. The monoisotopic (exact) mass is 232 g/mol. The van der Waals surface area contributed by atoms with Crippen molar-refractivity contribution in [1.29, 1.82) is 0 Å². The largest absolute Gasteiger partial charge is 0.330 e. The molecule has 0 rings (SSSR count). The zero-order valence-corrected chi connectivity index (χ0v) is 11.4. The quantitative estimate of drug-likeness (QED) is 0.662. The molecule has 0 aliphatic rings. The Morgan fingerprint density at radius 3 is 1.87 bits per heavy atom. The summed E-state index contributed by atoms with van der Waals surface area (Å²) in [5.41, 5.74) is 11.2. The fourth-order valence-corrected chi connectivity index (χ4v) is 4.38. The molecule has 15 heavy (non-hydrogen) atoms. The molecule has 0 saturated carbocycles. The fourth-order valence-electron chi connectivity index (χ4n) is 1.76. The molecule has 0 fully saturated rings.